The average Bonchev–Trinajstić information content (AvgIpc) is 3.37. The summed E-state index contributed by atoms with van der Waals surface area (Å²) in [5, 5.41) is 3.79. The van der Waals surface area contributed by atoms with Crippen LogP contribution in [0.3, 0.4) is 0 Å². The van der Waals surface area contributed by atoms with E-state index in [9.17, 15) is 14.4 Å². The molecule has 3 fully saturated rings. The molecule has 0 radical (unpaired) electrons. The van der Waals surface area contributed by atoms with Crippen LogP contribution in [-0.2, 0) is 53.1 Å². The first kappa shape index (κ1) is 51.4. The van der Waals surface area contributed by atoms with Crippen molar-refractivity contribution in [1.82, 2.24) is 29.6 Å². The van der Waals surface area contributed by atoms with Gasteiger partial charge in [-0.05, 0) is 74.7 Å². The second-order valence-electron chi connectivity index (χ2n) is 18.2. The van der Waals surface area contributed by atoms with Gasteiger partial charge in [0.15, 0.2) is 6.61 Å². The number of ether oxygens (including phenoxy) is 6. The predicted molar refractivity (Wildman–Crippen MR) is 266 cm³/mol. The van der Waals surface area contributed by atoms with Crippen LogP contribution >= 0.6 is 0 Å². The van der Waals surface area contributed by atoms with E-state index in [0.29, 0.717) is 131 Å². The van der Waals surface area contributed by atoms with Crippen molar-refractivity contribution < 1.29 is 47.8 Å². The van der Waals surface area contributed by atoms with Gasteiger partial charge in [0.1, 0.15) is 42.4 Å². The van der Waals surface area contributed by atoms with Crippen LogP contribution in [0, 0.1) is 6.92 Å². The van der Waals surface area contributed by atoms with Gasteiger partial charge in [0.2, 0.25) is 0 Å². The molecule has 17 nitrogen and oxygen atoms in total. The van der Waals surface area contributed by atoms with Gasteiger partial charge in [0.05, 0.1) is 69.9 Å². The summed E-state index contributed by atoms with van der Waals surface area (Å²) in [6.07, 6.45) is 5.04. The number of esters is 1. The van der Waals surface area contributed by atoms with Crippen molar-refractivity contribution in [1.29, 1.82) is 0 Å². The minimum Gasteiger partial charge on any atom is -0.496 e. The summed E-state index contributed by atoms with van der Waals surface area (Å²) in [4.78, 5) is 61.9. The van der Waals surface area contributed by atoms with Crippen LogP contribution in [0.25, 0.3) is 16.6 Å². The quantitative estimate of drug-likeness (QED) is 0.0239. The monoisotopic (exact) mass is 976 g/mol. The van der Waals surface area contributed by atoms with Crippen LogP contribution in [0.5, 0.6) is 17.2 Å². The number of rotatable bonds is 25. The number of hydrogen-bond acceptors (Lipinski definition) is 15. The number of aromatic nitrogens is 2. The molecule has 3 aliphatic rings. The molecule has 5 aromatic rings. The molecule has 0 aliphatic carbocycles. The summed E-state index contributed by atoms with van der Waals surface area (Å²) >= 11 is 0. The third-order valence-electron chi connectivity index (χ3n) is 13.3. The van der Waals surface area contributed by atoms with Crippen LogP contribution in [0.1, 0.15) is 61.5 Å². The fraction of sp³-hybridized carbons (Fsp3) is 0.481. The Hall–Kier alpha value is -5.92. The zero-order valence-corrected chi connectivity index (χ0v) is 41.3. The number of nitrogens with zero attached hydrogens (tertiary/aromatic N) is 5. The largest absolute Gasteiger partial charge is 0.496 e. The minimum atomic E-state index is -0.212. The zero-order valence-electron chi connectivity index (χ0n) is 41.3. The van der Waals surface area contributed by atoms with Gasteiger partial charge in [-0.25, -0.2) is 14.8 Å². The predicted octanol–water partition coefficient (Wildman–Crippen LogP) is 5.98. The summed E-state index contributed by atoms with van der Waals surface area (Å²) in [5.74, 6) is 2.27. The maximum absolute atomic E-state index is 13.9. The number of aryl methyl sites for hydroxylation is 1. The fourth-order valence-corrected chi connectivity index (χ4v) is 9.73. The minimum absolute atomic E-state index is 0.0569. The molecule has 4 aromatic carbocycles. The topological polar surface area (TPSA) is 165 Å². The normalized spacial score (nSPS) is 18.4. The number of benzene rings is 4. The number of piperidine rings is 2. The smallest absolute Gasteiger partial charge is 0.310 e. The van der Waals surface area contributed by atoms with Crippen molar-refractivity contribution in [2.24, 2.45) is 0 Å². The molecule has 1 amide bonds. The molecule has 4 heterocycles. The molecule has 17 heteroatoms. The lowest BCUT2D eigenvalue weighted by Crippen LogP contribution is -2.54. The van der Waals surface area contributed by atoms with E-state index in [2.05, 4.69) is 15.1 Å². The highest BCUT2D eigenvalue weighted by Crippen LogP contribution is 2.35. The molecular formula is C54H68N6O11. The van der Waals surface area contributed by atoms with Gasteiger partial charge in [-0.15, -0.1) is 0 Å². The standard InChI is InChI=1S/C54H68N6O11/c1-4-67-50-15-8-7-14-48(50)60-51(56-47-13-6-5-12-46(47)54(60)63)35-57-22-24-58(25-23-57)52(61)36-68-44-19-17-40(18-20-44)34-55-37-65-26-28-69-70-29-27-66-38-59-42-10-9-11-43(59)33-45(32-42)71-53(62)31-41-30-39(2)16-21-49(41)64-3/h5-8,12-21,30,42-43,45,55H,4,9-11,22-29,31-38H2,1-3H3. The molecular weight excluding hydrogens is 909 g/mol. The molecule has 0 spiro atoms. The van der Waals surface area contributed by atoms with Crippen LogP contribution in [0.15, 0.2) is 95.8 Å². The Morgan fingerprint density at radius 3 is 2.30 bits per heavy atom. The maximum Gasteiger partial charge on any atom is 0.310 e. The van der Waals surface area contributed by atoms with Crippen molar-refractivity contribution >= 4 is 22.8 Å². The van der Waals surface area contributed by atoms with Crippen LogP contribution < -0.4 is 25.1 Å². The van der Waals surface area contributed by atoms with Gasteiger partial charge in [-0.2, -0.15) is 0 Å². The molecule has 8 rings (SSSR count). The highest BCUT2D eigenvalue weighted by Gasteiger charge is 2.40. The summed E-state index contributed by atoms with van der Waals surface area (Å²) in [7, 11) is 1.62. The summed E-state index contributed by atoms with van der Waals surface area (Å²) < 4.78 is 36.5. The van der Waals surface area contributed by atoms with Crippen molar-refractivity contribution in [2.75, 3.05) is 86.4 Å². The lowest BCUT2D eigenvalue weighted by atomic mass is 9.83. The molecule has 3 aliphatic heterocycles. The van der Waals surface area contributed by atoms with E-state index in [0.717, 1.165) is 42.4 Å². The Morgan fingerprint density at radius 1 is 0.803 bits per heavy atom. The number of nitrogens with one attached hydrogen (secondary N) is 1. The molecule has 0 saturated carbocycles. The first-order chi connectivity index (χ1) is 34.8. The first-order valence-corrected chi connectivity index (χ1v) is 24.9. The molecule has 2 unspecified atom stereocenters. The molecule has 1 aromatic heterocycles. The van der Waals surface area contributed by atoms with E-state index in [1.807, 2.05) is 104 Å². The second-order valence-corrected chi connectivity index (χ2v) is 18.2. The van der Waals surface area contributed by atoms with Crippen molar-refractivity contribution in [3.8, 4) is 22.9 Å². The SMILES string of the molecule is CCOc1ccccc1-n1c(CN2CCN(C(=O)COc3ccc(CNCOCCOOCCOCN4C5CCCC4CC(OC(=O)Cc4cc(C)ccc4OC)C5)cc3)CC2)nc2ccccc2c1=O. The van der Waals surface area contributed by atoms with Crippen molar-refractivity contribution in [3.63, 3.8) is 0 Å². The number of carbonyl (C=O) groups excluding carboxylic acids is 2. The Bertz CT molecular complexity index is 2550. The van der Waals surface area contributed by atoms with Gasteiger partial charge < -0.3 is 33.3 Å². The molecule has 2 atom stereocenters. The second kappa shape index (κ2) is 26.0. The van der Waals surface area contributed by atoms with E-state index in [1.54, 1.807) is 17.7 Å². The molecule has 71 heavy (non-hydrogen) atoms. The molecule has 2 bridgehead atoms. The number of methoxy groups -OCH3 is 1. The Labute approximate surface area is 415 Å². The number of piperazine rings is 1. The number of fused-ring (bicyclic) bond motifs is 3. The van der Waals surface area contributed by atoms with Gasteiger partial charge in [-0.1, -0.05) is 60.5 Å². The van der Waals surface area contributed by atoms with E-state index in [-0.39, 0.29) is 43.2 Å². The van der Waals surface area contributed by atoms with E-state index in [4.69, 9.17) is 43.2 Å². The van der Waals surface area contributed by atoms with Gasteiger partial charge >= 0.3 is 5.97 Å². The zero-order chi connectivity index (χ0) is 49.4. The Kier molecular flexibility index (Phi) is 18.8. The summed E-state index contributed by atoms with van der Waals surface area (Å²) in [6, 6.07) is 29.0. The van der Waals surface area contributed by atoms with Crippen molar-refractivity contribution in [2.45, 2.75) is 83.6 Å². The van der Waals surface area contributed by atoms with Crippen molar-refractivity contribution in [3.05, 3.63) is 124 Å². The highest BCUT2D eigenvalue weighted by atomic mass is 17.2. The lowest BCUT2D eigenvalue weighted by Gasteiger charge is -2.48. The third kappa shape index (κ3) is 14.2. The Morgan fingerprint density at radius 2 is 1.54 bits per heavy atom. The number of carbonyl (C=O) groups is 2. The number of hydrogen-bond donors (Lipinski definition) is 1. The lowest BCUT2D eigenvalue weighted by molar-refractivity contribution is -0.304. The van der Waals surface area contributed by atoms with Gasteiger partial charge in [0.25, 0.3) is 11.5 Å². The molecule has 380 valence electrons. The highest BCUT2D eigenvalue weighted by molar-refractivity contribution is 5.79. The number of para-hydroxylation sites is 3. The Balaban J connectivity index is 0.656. The fourth-order valence-electron chi connectivity index (χ4n) is 9.73. The average molecular weight is 977 g/mol. The summed E-state index contributed by atoms with van der Waals surface area (Å²) in [5.41, 5.74) is 4.13. The van der Waals surface area contributed by atoms with E-state index < -0.39 is 0 Å². The van der Waals surface area contributed by atoms with Gasteiger partial charge in [0, 0.05) is 63.2 Å². The van der Waals surface area contributed by atoms with Crippen LogP contribution in [0.2, 0.25) is 0 Å². The van der Waals surface area contributed by atoms with E-state index >= 15 is 0 Å². The van der Waals surface area contributed by atoms with Crippen LogP contribution in [-0.4, -0.2) is 141 Å². The first-order valence-electron chi connectivity index (χ1n) is 24.9. The maximum atomic E-state index is 13.9. The summed E-state index contributed by atoms with van der Waals surface area (Å²) in [6.45, 7) is 9.89. The van der Waals surface area contributed by atoms with Gasteiger partial charge in [-0.3, -0.25) is 34.1 Å². The molecule has 1 N–H and O–H groups in total. The third-order valence-corrected chi connectivity index (χ3v) is 13.3. The van der Waals surface area contributed by atoms with E-state index in [1.165, 1.54) is 6.42 Å². The molecule has 3 saturated heterocycles. The number of amides is 1. The van der Waals surface area contributed by atoms with Crippen LogP contribution in [0.4, 0.5) is 0 Å².